The van der Waals surface area contributed by atoms with Gasteiger partial charge < -0.3 is 10.5 Å². The molecule has 5 nitrogen and oxygen atoms in total. The van der Waals surface area contributed by atoms with Crippen LogP contribution in [-0.4, -0.2) is 28.2 Å². The van der Waals surface area contributed by atoms with Gasteiger partial charge in [0.2, 0.25) is 5.88 Å². The lowest BCUT2D eigenvalue weighted by Gasteiger charge is -2.07. The Morgan fingerprint density at radius 1 is 1.44 bits per heavy atom. The molecule has 0 saturated carbocycles. The van der Waals surface area contributed by atoms with Gasteiger partial charge in [-0.2, -0.15) is 4.98 Å². The summed E-state index contributed by atoms with van der Waals surface area (Å²) >= 11 is 0. The highest BCUT2D eigenvalue weighted by atomic mass is 16.5. The second-order valence-electron chi connectivity index (χ2n) is 3.29. The molecule has 2 aromatic heterocycles. The standard InChI is InChI=1S/C11H14N4O/c1-16-11-4-2-3-10(14-11)15-8-7-13-9(15)5-6-12/h2-4,7-8H,5-6,12H2,1H3. The number of pyridine rings is 1. The summed E-state index contributed by atoms with van der Waals surface area (Å²) in [5.74, 6) is 2.29. The lowest BCUT2D eigenvalue weighted by Crippen LogP contribution is -2.09. The number of imidazole rings is 1. The minimum absolute atomic E-state index is 0.570. The van der Waals surface area contributed by atoms with Gasteiger partial charge in [0.1, 0.15) is 11.6 Å². The van der Waals surface area contributed by atoms with Gasteiger partial charge in [0.05, 0.1) is 7.11 Å². The van der Waals surface area contributed by atoms with Gasteiger partial charge in [-0.1, -0.05) is 6.07 Å². The van der Waals surface area contributed by atoms with E-state index in [1.165, 1.54) is 0 Å². The fourth-order valence-electron chi connectivity index (χ4n) is 1.51. The number of nitrogens with zero attached hydrogens (tertiary/aromatic N) is 3. The number of nitrogens with two attached hydrogens (primary N) is 1. The summed E-state index contributed by atoms with van der Waals surface area (Å²) < 4.78 is 7.00. The molecule has 0 aliphatic carbocycles. The van der Waals surface area contributed by atoms with E-state index in [9.17, 15) is 0 Å². The first-order chi connectivity index (χ1) is 7.85. The van der Waals surface area contributed by atoms with Crippen molar-refractivity contribution in [2.24, 2.45) is 5.73 Å². The first kappa shape index (κ1) is 10.6. The monoisotopic (exact) mass is 218 g/mol. The van der Waals surface area contributed by atoms with Gasteiger partial charge in [0.25, 0.3) is 0 Å². The third kappa shape index (κ3) is 2.04. The summed E-state index contributed by atoms with van der Waals surface area (Å²) in [4.78, 5) is 8.58. The summed E-state index contributed by atoms with van der Waals surface area (Å²) in [5.41, 5.74) is 5.52. The van der Waals surface area contributed by atoms with Crippen LogP contribution in [0.2, 0.25) is 0 Å². The van der Waals surface area contributed by atoms with Crippen LogP contribution in [0.15, 0.2) is 30.6 Å². The Hall–Kier alpha value is -1.88. The molecule has 0 bridgehead atoms. The van der Waals surface area contributed by atoms with Crippen molar-refractivity contribution < 1.29 is 4.74 Å². The molecule has 2 aromatic rings. The first-order valence-electron chi connectivity index (χ1n) is 5.09. The molecule has 84 valence electrons. The molecule has 0 spiro atoms. The molecule has 2 N–H and O–H groups in total. The Morgan fingerprint density at radius 3 is 3.06 bits per heavy atom. The maximum atomic E-state index is 5.52. The van der Waals surface area contributed by atoms with Crippen molar-refractivity contribution in [3.8, 4) is 11.7 Å². The van der Waals surface area contributed by atoms with Gasteiger partial charge in [-0.25, -0.2) is 4.98 Å². The van der Waals surface area contributed by atoms with Crippen LogP contribution in [0.1, 0.15) is 5.82 Å². The molecule has 0 saturated heterocycles. The lowest BCUT2D eigenvalue weighted by atomic mass is 10.4. The fourth-order valence-corrected chi connectivity index (χ4v) is 1.51. The van der Waals surface area contributed by atoms with E-state index in [1.807, 2.05) is 29.0 Å². The zero-order valence-corrected chi connectivity index (χ0v) is 9.13. The molecule has 0 unspecified atom stereocenters. The summed E-state index contributed by atoms with van der Waals surface area (Å²) in [6.45, 7) is 0.570. The molecule has 0 atom stereocenters. The Bertz CT molecular complexity index is 467. The van der Waals surface area contributed by atoms with E-state index in [-0.39, 0.29) is 0 Å². The van der Waals surface area contributed by atoms with E-state index in [4.69, 9.17) is 10.5 Å². The Labute approximate surface area is 93.9 Å². The number of rotatable bonds is 4. The van der Waals surface area contributed by atoms with Crippen LogP contribution >= 0.6 is 0 Å². The molecular formula is C11H14N4O. The molecule has 0 aliphatic heterocycles. The van der Waals surface area contributed by atoms with E-state index in [0.717, 1.165) is 18.1 Å². The maximum Gasteiger partial charge on any atom is 0.214 e. The molecule has 5 heteroatoms. The van der Waals surface area contributed by atoms with Crippen molar-refractivity contribution in [1.29, 1.82) is 0 Å². The van der Waals surface area contributed by atoms with Crippen LogP contribution in [0.25, 0.3) is 5.82 Å². The second kappa shape index (κ2) is 4.76. The maximum absolute atomic E-state index is 5.52. The van der Waals surface area contributed by atoms with Crippen LogP contribution in [0.3, 0.4) is 0 Å². The highest BCUT2D eigenvalue weighted by Crippen LogP contribution is 2.12. The summed E-state index contributed by atoms with van der Waals surface area (Å²) in [6, 6.07) is 5.61. The highest BCUT2D eigenvalue weighted by molar-refractivity contribution is 5.28. The highest BCUT2D eigenvalue weighted by Gasteiger charge is 2.05. The summed E-state index contributed by atoms with van der Waals surface area (Å²) in [7, 11) is 1.60. The topological polar surface area (TPSA) is 66.0 Å². The predicted octanol–water partition coefficient (Wildman–Crippen LogP) is 0.777. The van der Waals surface area contributed by atoms with Crippen molar-refractivity contribution in [3.05, 3.63) is 36.4 Å². The largest absolute Gasteiger partial charge is 0.481 e. The van der Waals surface area contributed by atoms with Crippen molar-refractivity contribution in [3.63, 3.8) is 0 Å². The Kier molecular flexibility index (Phi) is 3.16. The molecule has 0 fully saturated rings. The van der Waals surface area contributed by atoms with E-state index in [1.54, 1.807) is 13.3 Å². The SMILES string of the molecule is COc1cccc(-n2ccnc2CCN)n1. The fraction of sp³-hybridized carbons (Fsp3) is 0.273. The van der Waals surface area contributed by atoms with E-state index in [2.05, 4.69) is 9.97 Å². The van der Waals surface area contributed by atoms with Crippen LogP contribution < -0.4 is 10.5 Å². The zero-order chi connectivity index (χ0) is 11.4. The van der Waals surface area contributed by atoms with Gasteiger partial charge >= 0.3 is 0 Å². The number of methoxy groups -OCH3 is 1. The molecule has 0 aliphatic rings. The van der Waals surface area contributed by atoms with Gasteiger partial charge in [-0.3, -0.25) is 4.57 Å². The molecule has 2 rings (SSSR count). The average Bonchev–Trinajstić information content (AvgIpc) is 2.78. The normalized spacial score (nSPS) is 10.4. The van der Waals surface area contributed by atoms with Crippen LogP contribution in [-0.2, 0) is 6.42 Å². The summed E-state index contributed by atoms with van der Waals surface area (Å²) in [5, 5.41) is 0. The smallest absolute Gasteiger partial charge is 0.214 e. The molecule has 0 radical (unpaired) electrons. The zero-order valence-electron chi connectivity index (χ0n) is 9.13. The molecule has 2 heterocycles. The van der Waals surface area contributed by atoms with Gasteiger partial charge in [0.15, 0.2) is 0 Å². The van der Waals surface area contributed by atoms with Crippen molar-refractivity contribution >= 4 is 0 Å². The minimum Gasteiger partial charge on any atom is -0.481 e. The molecule has 0 aromatic carbocycles. The van der Waals surface area contributed by atoms with Gasteiger partial charge in [-0.15, -0.1) is 0 Å². The van der Waals surface area contributed by atoms with Crippen LogP contribution in [0.5, 0.6) is 5.88 Å². The van der Waals surface area contributed by atoms with E-state index < -0.39 is 0 Å². The Balaban J connectivity index is 2.37. The third-order valence-corrected chi connectivity index (χ3v) is 2.25. The quantitative estimate of drug-likeness (QED) is 0.823. The molecular weight excluding hydrogens is 204 g/mol. The third-order valence-electron chi connectivity index (χ3n) is 2.25. The van der Waals surface area contributed by atoms with E-state index >= 15 is 0 Å². The van der Waals surface area contributed by atoms with Crippen molar-refractivity contribution in [2.75, 3.05) is 13.7 Å². The van der Waals surface area contributed by atoms with Gasteiger partial charge in [0, 0.05) is 24.9 Å². The van der Waals surface area contributed by atoms with Gasteiger partial charge in [-0.05, 0) is 12.6 Å². The lowest BCUT2D eigenvalue weighted by molar-refractivity contribution is 0.397. The predicted molar refractivity (Wildman–Crippen MR) is 60.7 cm³/mol. The molecule has 16 heavy (non-hydrogen) atoms. The minimum atomic E-state index is 0.570. The number of hydrogen-bond donors (Lipinski definition) is 1. The van der Waals surface area contributed by atoms with Crippen LogP contribution in [0, 0.1) is 0 Å². The number of aromatic nitrogens is 3. The second-order valence-corrected chi connectivity index (χ2v) is 3.29. The van der Waals surface area contributed by atoms with Crippen molar-refractivity contribution in [2.45, 2.75) is 6.42 Å². The van der Waals surface area contributed by atoms with E-state index in [0.29, 0.717) is 12.4 Å². The number of hydrogen-bond acceptors (Lipinski definition) is 4. The first-order valence-corrected chi connectivity index (χ1v) is 5.09. The molecule has 0 amide bonds. The van der Waals surface area contributed by atoms with Crippen LogP contribution in [0.4, 0.5) is 0 Å². The summed E-state index contributed by atoms with van der Waals surface area (Å²) in [6.07, 6.45) is 4.34. The average molecular weight is 218 g/mol. The number of ether oxygens (including phenoxy) is 1. The Morgan fingerprint density at radius 2 is 2.31 bits per heavy atom. The van der Waals surface area contributed by atoms with Crippen molar-refractivity contribution in [1.82, 2.24) is 14.5 Å².